The minimum absolute atomic E-state index is 0.370. The molecule has 0 amide bonds. The van der Waals surface area contributed by atoms with Crippen molar-refractivity contribution in [2.75, 3.05) is 0 Å². The van der Waals surface area contributed by atoms with Gasteiger partial charge >= 0.3 is 0 Å². The van der Waals surface area contributed by atoms with Crippen LogP contribution in [-0.4, -0.2) is 11.7 Å². The van der Waals surface area contributed by atoms with E-state index in [4.69, 9.17) is 9.98 Å². The van der Waals surface area contributed by atoms with Gasteiger partial charge in [0.1, 0.15) is 11.7 Å². The van der Waals surface area contributed by atoms with Gasteiger partial charge < -0.3 is 5.32 Å². The van der Waals surface area contributed by atoms with Gasteiger partial charge in [0.15, 0.2) is 6.17 Å². The first kappa shape index (κ1) is 36.2. The lowest BCUT2D eigenvalue weighted by Crippen LogP contribution is -2.45. The van der Waals surface area contributed by atoms with E-state index in [2.05, 4.69) is 218 Å². The zero-order chi connectivity index (χ0) is 41.5. The van der Waals surface area contributed by atoms with Gasteiger partial charge in [-0.2, -0.15) is 0 Å². The molecule has 2 heterocycles. The molecule has 0 bridgehead atoms. The summed E-state index contributed by atoms with van der Waals surface area (Å²) in [5.74, 6) is 1.61. The van der Waals surface area contributed by atoms with E-state index >= 15 is 0 Å². The smallest absolute Gasteiger partial charge is 0.169 e. The quantitative estimate of drug-likeness (QED) is 0.192. The van der Waals surface area contributed by atoms with E-state index in [0.29, 0.717) is 0 Å². The van der Waals surface area contributed by atoms with Crippen molar-refractivity contribution in [1.82, 2.24) is 5.32 Å². The van der Waals surface area contributed by atoms with E-state index in [-0.39, 0.29) is 6.17 Å². The average molecular weight is 822 g/mol. The fourth-order valence-electron chi connectivity index (χ4n) is 11.2. The van der Waals surface area contributed by atoms with Crippen LogP contribution in [0.5, 0.6) is 0 Å². The number of amidine groups is 2. The molecule has 2 aliphatic carbocycles. The zero-order valence-electron chi connectivity index (χ0n) is 34.2. The van der Waals surface area contributed by atoms with Crippen molar-refractivity contribution in [3.05, 3.63) is 286 Å². The Morgan fingerprint density at radius 1 is 0.349 bits per heavy atom. The van der Waals surface area contributed by atoms with Crippen LogP contribution in [-0.2, 0) is 10.8 Å². The van der Waals surface area contributed by atoms with E-state index in [1.165, 1.54) is 71.0 Å². The number of benzene rings is 9. The minimum atomic E-state index is -0.564. The molecule has 0 saturated carbocycles. The van der Waals surface area contributed by atoms with Crippen LogP contribution in [0.25, 0.3) is 22.3 Å². The van der Waals surface area contributed by atoms with E-state index < -0.39 is 10.8 Å². The normalized spacial score (nSPS) is 16.6. The number of rotatable bonds is 4. The number of nitrogens with zero attached hydrogens (tertiary/aromatic N) is 2. The summed E-state index contributed by atoms with van der Waals surface area (Å²) in [6.45, 7) is 0. The first-order chi connectivity index (χ1) is 31.2. The van der Waals surface area contributed by atoms with Gasteiger partial charge in [-0.15, -0.1) is 0 Å². The molecule has 9 aromatic rings. The molecule has 9 aromatic carbocycles. The molecule has 63 heavy (non-hydrogen) atoms. The number of hydrogen-bond acceptors (Lipinski definition) is 4. The van der Waals surface area contributed by atoms with Crippen LogP contribution < -0.4 is 5.32 Å². The molecule has 4 heteroatoms. The highest BCUT2D eigenvalue weighted by atomic mass is 32.2. The summed E-state index contributed by atoms with van der Waals surface area (Å²) in [6.07, 6.45) is -0.370. The second kappa shape index (κ2) is 14.0. The van der Waals surface area contributed by atoms with Gasteiger partial charge in [-0.05, 0) is 90.5 Å². The molecular formula is C59H39N3S. The number of aliphatic imine (C=N–C) groups is 2. The maximum Gasteiger partial charge on any atom is 0.169 e. The Hall–Kier alpha value is -7.53. The predicted molar refractivity (Wildman–Crippen MR) is 257 cm³/mol. The Morgan fingerprint density at radius 2 is 0.778 bits per heavy atom. The Bertz CT molecular complexity index is 3270. The highest BCUT2D eigenvalue weighted by Gasteiger charge is 2.58. The summed E-state index contributed by atoms with van der Waals surface area (Å²) >= 11 is 1.89. The fourth-order valence-corrected chi connectivity index (χ4v) is 12.4. The molecule has 4 aliphatic rings. The molecular weight excluding hydrogens is 783 g/mol. The highest BCUT2D eigenvalue weighted by Crippen LogP contribution is 2.67. The number of nitrogens with one attached hydrogen (secondary N) is 1. The minimum Gasteiger partial charge on any atom is -0.324 e. The van der Waals surface area contributed by atoms with E-state index in [1.54, 1.807) is 0 Å². The summed E-state index contributed by atoms with van der Waals surface area (Å²) < 4.78 is 0. The van der Waals surface area contributed by atoms with Crippen molar-refractivity contribution in [3.8, 4) is 22.3 Å². The fraction of sp³-hybridized carbons (Fsp3) is 0.0508. The van der Waals surface area contributed by atoms with E-state index in [1.807, 2.05) is 23.9 Å². The molecule has 1 unspecified atom stereocenters. The molecule has 2 aliphatic heterocycles. The molecule has 1 atom stereocenters. The van der Waals surface area contributed by atoms with Crippen LogP contribution in [0.2, 0.25) is 0 Å². The van der Waals surface area contributed by atoms with Crippen molar-refractivity contribution in [2.45, 2.75) is 26.8 Å². The molecule has 1 N–H and O–H groups in total. The molecule has 3 nitrogen and oxygen atoms in total. The number of fused-ring (bicyclic) bond motifs is 15. The molecule has 0 saturated heterocycles. The van der Waals surface area contributed by atoms with Crippen LogP contribution >= 0.6 is 11.8 Å². The molecule has 0 radical (unpaired) electrons. The summed E-state index contributed by atoms with van der Waals surface area (Å²) in [6, 6.07) is 82.5. The second-order valence-electron chi connectivity index (χ2n) is 16.8. The summed E-state index contributed by atoms with van der Waals surface area (Å²) in [5.41, 5.74) is 17.6. The van der Waals surface area contributed by atoms with Gasteiger partial charge in [0.25, 0.3) is 0 Å². The Morgan fingerprint density at radius 3 is 1.41 bits per heavy atom. The van der Waals surface area contributed by atoms with Gasteiger partial charge in [0.05, 0.1) is 10.8 Å². The molecule has 296 valence electrons. The lowest BCUT2D eigenvalue weighted by atomic mass is 9.51. The van der Waals surface area contributed by atoms with Crippen LogP contribution in [0.1, 0.15) is 67.4 Å². The third-order valence-electron chi connectivity index (χ3n) is 13.7. The first-order valence-electron chi connectivity index (χ1n) is 21.7. The topological polar surface area (TPSA) is 36.8 Å². The third-order valence-corrected chi connectivity index (χ3v) is 14.8. The van der Waals surface area contributed by atoms with Crippen molar-refractivity contribution >= 4 is 23.4 Å². The first-order valence-corrected chi connectivity index (χ1v) is 22.5. The monoisotopic (exact) mass is 821 g/mol. The third kappa shape index (κ3) is 5.10. The largest absolute Gasteiger partial charge is 0.324 e. The van der Waals surface area contributed by atoms with Gasteiger partial charge in [0, 0.05) is 20.9 Å². The summed E-state index contributed by atoms with van der Waals surface area (Å²) in [4.78, 5) is 13.0. The van der Waals surface area contributed by atoms with Crippen LogP contribution in [0, 0.1) is 0 Å². The molecule has 0 aromatic heterocycles. The maximum absolute atomic E-state index is 5.25. The Labute approximate surface area is 371 Å². The molecule has 0 fully saturated rings. The van der Waals surface area contributed by atoms with Crippen molar-refractivity contribution in [3.63, 3.8) is 0 Å². The summed E-state index contributed by atoms with van der Waals surface area (Å²) in [7, 11) is 0. The van der Waals surface area contributed by atoms with Crippen LogP contribution in [0.3, 0.4) is 0 Å². The molecule has 2 spiro atoms. The number of hydrogen-bond donors (Lipinski definition) is 1. The lowest BCUT2D eigenvalue weighted by Gasteiger charge is -2.51. The zero-order valence-corrected chi connectivity index (χ0v) is 35.1. The van der Waals surface area contributed by atoms with Crippen molar-refractivity contribution in [1.29, 1.82) is 0 Å². The SMILES string of the molecule is c1ccc(C2=NC(c3ccccc3)N=C(c3cccc(-c4cccc5c4-c4ccccc4C54c5ccccc5C5(c6ccccc6Sc6ccccc65)c5ccccc54)c3)N2)cc1. The van der Waals surface area contributed by atoms with Crippen molar-refractivity contribution in [2.24, 2.45) is 9.98 Å². The van der Waals surface area contributed by atoms with Crippen LogP contribution in [0.15, 0.2) is 244 Å². The maximum atomic E-state index is 5.25. The van der Waals surface area contributed by atoms with Gasteiger partial charge in [-0.25, -0.2) is 9.98 Å². The van der Waals surface area contributed by atoms with Gasteiger partial charge in [-0.3, -0.25) is 0 Å². The van der Waals surface area contributed by atoms with Gasteiger partial charge in [0.2, 0.25) is 0 Å². The Kier molecular flexibility index (Phi) is 8.03. The molecule has 13 rings (SSSR count). The Balaban J connectivity index is 1.03. The van der Waals surface area contributed by atoms with Crippen LogP contribution in [0.4, 0.5) is 0 Å². The van der Waals surface area contributed by atoms with E-state index in [0.717, 1.165) is 33.9 Å². The standard InChI is InChI=1S/C59H39N3S/c1-3-19-38(20-4-1)55-60-56(39-21-5-2-6-22-39)62-57(61-55)41-24-17-23-40(37-41)42-26-18-34-51-54(42)43-25-7-8-27-44(43)58(51)45-28-9-11-30-47(45)59(48-31-12-10-29-46(48)58)49-32-13-15-35-52(49)63-53-36-16-14-33-50(53)59/h1-37,55H,(H,60,61,62). The highest BCUT2D eigenvalue weighted by molar-refractivity contribution is 7.99. The van der Waals surface area contributed by atoms with Gasteiger partial charge in [-0.1, -0.05) is 218 Å². The second-order valence-corrected chi connectivity index (χ2v) is 17.9. The predicted octanol–water partition coefficient (Wildman–Crippen LogP) is 13.4. The van der Waals surface area contributed by atoms with E-state index in [9.17, 15) is 0 Å². The summed E-state index contributed by atoms with van der Waals surface area (Å²) in [5, 5.41) is 3.64. The lowest BCUT2D eigenvalue weighted by molar-refractivity contribution is 0.605. The average Bonchev–Trinajstić information content (AvgIpc) is 3.66. The van der Waals surface area contributed by atoms with Crippen molar-refractivity contribution < 1.29 is 0 Å².